The van der Waals surface area contributed by atoms with Crippen molar-refractivity contribution in [1.29, 1.82) is 0 Å². The van der Waals surface area contributed by atoms with E-state index in [2.05, 4.69) is 19.2 Å². The summed E-state index contributed by atoms with van der Waals surface area (Å²) >= 11 is 1.38. The number of nitro groups is 1. The standard InChI is InChI=1S/C19H22N2O3S/c1-4-14-7-6-8-15(5-2)18(14)20-19(22)13(3)25-17-11-9-16(10-12-17)21(23)24/h6-13H,4-5H2,1-3H3,(H,20,22). The Morgan fingerprint density at radius 3 is 2.16 bits per heavy atom. The number of amides is 1. The molecule has 2 aromatic carbocycles. The molecule has 0 aliphatic rings. The molecule has 6 heteroatoms. The summed E-state index contributed by atoms with van der Waals surface area (Å²) in [5.74, 6) is -0.0704. The van der Waals surface area contributed by atoms with Gasteiger partial charge in [0.05, 0.1) is 10.2 Å². The Hall–Kier alpha value is -2.34. The molecule has 132 valence electrons. The van der Waals surface area contributed by atoms with Crippen LogP contribution in [0.3, 0.4) is 0 Å². The fourth-order valence-electron chi connectivity index (χ4n) is 2.53. The molecule has 0 saturated carbocycles. The molecule has 1 atom stereocenters. The van der Waals surface area contributed by atoms with Gasteiger partial charge in [0.2, 0.25) is 5.91 Å². The van der Waals surface area contributed by atoms with Gasteiger partial charge < -0.3 is 5.32 Å². The Bertz CT molecular complexity index is 738. The van der Waals surface area contributed by atoms with Crippen LogP contribution < -0.4 is 5.32 Å². The van der Waals surface area contributed by atoms with Gasteiger partial charge in [0.15, 0.2) is 0 Å². The van der Waals surface area contributed by atoms with Crippen molar-refractivity contribution >= 4 is 29.0 Å². The third-order valence-corrected chi connectivity index (χ3v) is 5.09. The largest absolute Gasteiger partial charge is 0.325 e. The second-order valence-corrected chi connectivity index (χ2v) is 7.07. The highest BCUT2D eigenvalue weighted by Crippen LogP contribution is 2.28. The van der Waals surface area contributed by atoms with Crippen molar-refractivity contribution in [2.45, 2.75) is 43.8 Å². The van der Waals surface area contributed by atoms with Crippen molar-refractivity contribution in [2.75, 3.05) is 5.32 Å². The fraction of sp³-hybridized carbons (Fsp3) is 0.316. The summed E-state index contributed by atoms with van der Waals surface area (Å²) in [5.41, 5.74) is 3.21. The number of nitro benzene ring substituents is 1. The molecular weight excluding hydrogens is 336 g/mol. The highest BCUT2D eigenvalue weighted by Gasteiger charge is 2.17. The Kier molecular flexibility index (Phi) is 6.58. The summed E-state index contributed by atoms with van der Waals surface area (Å²) in [5, 5.41) is 13.5. The number of nitrogens with one attached hydrogen (secondary N) is 1. The van der Waals surface area contributed by atoms with Gasteiger partial charge in [-0.05, 0) is 43.0 Å². The number of benzene rings is 2. The molecule has 0 fully saturated rings. The first-order valence-corrected chi connectivity index (χ1v) is 9.17. The molecule has 5 nitrogen and oxygen atoms in total. The molecule has 0 radical (unpaired) electrons. The Morgan fingerprint density at radius 1 is 1.12 bits per heavy atom. The van der Waals surface area contributed by atoms with Gasteiger partial charge in [-0.3, -0.25) is 14.9 Å². The lowest BCUT2D eigenvalue weighted by molar-refractivity contribution is -0.384. The van der Waals surface area contributed by atoms with Crippen molar-refractivity contribution in [1.82, 2.24) is 0 Å². The maximum absolute atomic E-state index is 12.6. The molecule has 0 aliphatic heterocycles. The van der Waals surface area contributed by atoms with Gasteiger partial charge >= 0.3 is 0 Å². The first kappa shape index (κ1) is 19.0. The second-order valence-electron chi connectivity index (χ2n) is 5.66. The van der Waals surface area contributed by atoms with E-state index in [9.17, 15) is 14.9 Å². The maximum atomic E-state index is 12.6. The van der Waals surface area contributed by atoms with E-state index in [0.29, 0.717) is 0 Å². The lowest BCUT2D eigenvalue weighted by atomic mass is 10.0. The summed E-state index contributed by atoms with van der Waals surface area (Å²) in [6, 6.07) is 12.3. The summed E-state index contributed by atoms with van der Waals surface area (Å²) in [6.07, 6.45) is 1.71. The molecule has 2 rings (SSSR count). The number of hydrogen-bond donors (Lipinski definition) is 1. The number of non-ortho nitro benzene ring substituents is 1. The van der Waals surface area contributed by atoms with Crippen LogP contribution in [-0.4, -0.2) is 16.1 Å². The molecule has 0 aromatic heterocycles. The van der Waals surface area contributed by atoms with Crippen LogP contribution in [-0.2, 0) is 17.6 Å². The zero-order valence-corrected chi connectivity index (χ0v) is 15.4. The molecule has 0 heterocycles. The zero-order valence-electron chi connectivity index (χ0n) is 14.6. The monoisotopic (exact) mass is 358 g/mol. The van der Waals surface area contributed by atoms with E-state index in [-0.39, 0.29) is 16.8 Å². The molecule has 2 aromatic rings. The van der Waals surface area contributed by atoms with Crippen LogP contribution in [0.25, 0.3) is 0 Å². The molecule has 0 spiro atoms. The van der Waals surface area contributed by atoms with Gasteiger partial charge in [0, 0.05) is 22.7 Å². The van der Waals surface area contributed by atoms with Crippen LogP contribution in [0.4, 0.5) is 11.4 Å². The van der Waals surface area contributed by atoms with Gasteiger partial charge in [-0.25, -0.2) is 0 Å². The van der Waals surface area contributed by atoms with Crippen LogP contribution in [0.15, 0.2) is 47.4 Å². The molecule has 1 N–H and O–H groups in total. The van der Waals surface area contributed by atoms with Crippen molar-refractivity contribution in [2.24, 2.45) is 0 Å². The number of hydrogen-bond acceptors (Lipinski definition) is 4. The van der Waals surface area contributed by atoms with Gasteiger partial charge in [-0.2, -0.15) is 0 Å². The maximum Gasteiger partial charge on any atom is 0.269 e. The van der Waals surface area contributed by atoms with Crippen LogP contribution >= 0.6 is 11.8 Å². The molecule has 0 saturated heterocycles. The lowest BCUT2D eigenvalue weighted by Crippen LogP contribution is -2.23. The number of rotatable bonds is 7. The lowest BCUT2D eigenvalue weighted by Gasteiger charge is -2.17. The summed E-state index contributed by atoms with van der Waals surface area (Å²) in [7, 11) is 0. The Morgan fingerprint density at radius 2 is 1.68 bits per heavy atom. The van der Waals surface area contributed by atoms with Gasteiger partial charge in [-0.15, -0.1) is 11.8 Å². The third kappa shape index (κ3) is 4.82. The van der Waals surface area contributed by atoms with Crippen molar-refractivity contribution in [3.63, 3.8) is 0 Å². The SMILES string of the molecule is CCc1cccc(CC)c1NC(=O)C(C)Sc1ccc([N+](=O)[O-])cc1. The summed E-state index contributed by atoms with van der Waals surface area (Å²) in [6.45, 7) is 5.97. The van der Waals surface area contributed by atoms with E-state index in [1.165, 1.54) is 23.9 Å². The number of nitrogens with zero attached hydrogens (tertiary/aromatic N) is 1. The van der Waals surface area contributed by atoms with Crippen molar-refractivity contribution < 1.29 is 9.72 Å². The first-order chi connectivity index (χ1) is 12.0. The molecule has 1 unspecified atom stereocenters. The van der Waals surface area contributed by atoms with Gasteiger partial charge in [0.25, 0.3) is 5.69 Å². The number of aryl methyl sites for hydroxylation is 2. The van der Waals surface area contributed by atoms with E-state index in [4.69, 9.17) is 0 Å². The van der Waals surface area contributed by atoms with Crippen LogP contribution in [0.1, 0.15) is 31.9 Å². The number of para-hydroxylation sites is 1. The minimum absolute atomic E-state index is 0.0471. The van der Waals surface area contributed by atoms with Crippen LogP contribution in [0.5, 0.6) is 0 Å². The predicted octanol–water partition coefficient (Wildman–Crippen LogP) is 4.84. The van der Waals surface area contributed by atoms with Gasteiger partial charge in [-0.1, -0.05) is 32.0 Å². The highest BCUT2D eigenvalue weighted by atomic mass is 32.2. The van der Waals surface area contributed by atoms with E-state index < -0.39 is 4.92 Å². The molecule has 25 heavy (non-hydrogen) atoms. The number of carbonyl (C=O) groups excluding carboxylic acids is 1. The normalized spacial score (nSPS) is 11.8. The topological polar surface area (TPSA) is 72.2 Å². The van der Waals surface area contributed by atoms with Gasteiger partial charge in [0.1, 0.15) is 0 Å². The second kappa shape index (κ2) is 8.67. The summed E-state index contributed by atoms with van der Waals surface area (Å²) in [4.78, 5) is 23.7. The van der Waals surface area contributed by atoms with E-state index in [1.54, 1.807) is 12.1 Å². The molecular formula is C19H22N2O3S. The molecule has 0 bridgehead atoms. The zero-order chi connectivity index (χ0) is 18.4. The molecule has 1 amide bonds. The molecule has 0 aliphatic carbocycles. The minimum atomic E-state index is -0.432. The smallest absolute Gasteiger partial charge is 0.269 e. The Balaban J connectivity index is 2.09. The van der Waals surface area contributed by atoms with E-state index in [0.717, 1.165) is 34.6 Å². The van der Waals surface area contributed by atoms with Crippen molar-refractivity contribution in [3.8, 4) is 0 Å². The number of anilines is 1. The highest BCUT2D eigenvalue weighted by molar-refractivity contribution is 8.00. The van der Waals surface area contributed by atoms with Crippen molar-refractivity contribution in [3.05, 3.63) is 63.7 Å². The number of thioether (sulfide) groups is 1. The average Bonchev–Trinajstić information content (AvgIpc) is 2.62. The summed E-state index contributed by atoms with van der Waals surface area (Å²) < 4.78 is 0. The van der Waals surface area contributed by atoms with E-state index in [1.807, 2.05) is 25.1 Å². The third-order valence-electron chi connectivity index (χ3n) is 3.98. The predicted molar refractivity (Wildman–Crippen MR) is 102 cm³/mol. The first-order valence-electron chi connectivity index (χ1n) is 8.29. The van der Waals surface area contributed by atoms with E-state index >= 15 is 0 Å². The minimum Gasteiger partial charge on any atom is -0.325 e. The fourth-order valence-corrected chi connectivity index (χ4v) is 3.40. The Labute approximate surface area is 152 Å². The van der Waals surface area contributed by atoms with Crippen LogP contribution in [0, 0.1) is 10.1 Å². The van der Waals surface area contributed by atoms with Crippen LogP contribution in [0.2, 0.25) is 0 Å². The average molecular weight is 358 g/mol. The quantitative estimate of drug-likeness (QED) is 0.437. The number of carbonyl (C=O) groups is 1.